The van der Waals surface area contributed by atoms with Gasteiger partial charge in [-0.3, -0.25) is 4.79 Å². The number of nitrogens with zero attached hydrogens (tertiary/aromatic N) is 3. The van der Waals surface area contributed by atoms with E-state index in [0.717, 1.165) is 43.7 Å². The molecule has 3 heterocycles. The number of benzene rings is 1. The van der Waals surface area contributed by atoms with Crippen molar-refractivity contribution in [1.82, 2.24) is 9.55 Å². The fourth-order valence-corrected chi connectivity index (χ4v) is 3.70. The maximum atomic E-state index is 12.6. The van der Waals surface area contributed by atoms with Gasteiger partial charge in [0, 0.05) is 55.7 Å². The minimum Gasteiger partial charge on any atom is -0.374 e. The third-order valence-electron chi connectivity index (χ3n) is 5.04. The van der Waals surface area contributed by atoms with Crippen molar-refractivity contribution in [3.63, 3.8) is 0 Å². The van der Waals surface area contributed by atoms with Crippen molar-refractivity contribution in [3.05, 3.63) is 42.0 Å². The zero-order valence-electron chi connectivity index (χ0n) is 13.5. The number of imidazole rings is 1. The Morgan fingerprint density at radius 2 is 2.26 bits per heavy atom. The van der Waals surface area contributed by atoms with Gasteiger partial charge < -0.3 is 14.8 Å². The Labute approximate surface area is 136 Å². The van der Waals surface area contributed by atoms with Crippen molar-refractivity contribution >= 4 is 17.3 Å². The van der Waals surface area contributed by atoms with Crippen molar-refractivity contribution in [2.24, 2.45) is 5.92 Å². The van der Waals surface area contributed by atoms with E-state index in [1.165, 1.54) is 17.7 Å². The van der Waals surface area contributed by atoms with E-state index in [0.29, 0.717) is 0 Å². The summed E-state index contributed by atoms with van der Waals surface area (Å²) in [6.07, 6.45) is 7.64. The molecule has 5 nitrogen and oxygen atoms in total. The molecule has 0 bridgehead atoms. The molecular weight excluding hydrogens is 288 g/mol. The first-order chi connectivity index (χ1) is 11.2. The van der Waals surface area contributed by atoms with Crippen LogP contribution >= 0.6 is 0 Å². The molecular formula is C18H22N4O. The topological polar surface area (TPSA) is 50.2 Å². The lowest BCUT2D eigenvalue weighted by molar-refractivity contribution is -0.120. The molecule has 2 aliphatic rings. The number of anilines is 2. The molecule has 1 aromatic heterocycles. The van der Waals surface area contributed by atoms with E-state index in [4.69, 9.17) is 0 Å². The van der Waals surface area contributed by atoms with Gasteiger partial charge in [-0.05, 0) is 43.0 Å². The molecule has 2 aromatic rings. The molecule has 0 aliphatic carbocycles. The van der Waals surface area contributed by atoms with Crippen LogP contribution in [0.25, 0.3) is 0 Å². The second kappa shape index (κ2) is 5.72. The Balaban J connectivity index is 1.47. The van der Waals surface area contributed by atoms with Gasteiger partial charge >= 0.3 is 0 Å². The summed E-state index contributed by atoms with van der Waals surface area (Å²) >= 11 is 0. The van der Waals surface area contributed by atoms with Gasteiger partial charge in [0.2, 0.25) is 5.91 Å². The molecule has 2 aliphatic heterocycles. The van der Waals surface area contributed by atoms with Crippen LogP contribution in [0.15, 0.2) is 30.7 Å². The minimum absolute atomic E-state index is 0.0397. The molecule has 0 saturated heterocycles. The van der Waals surface area contributed by atoms with E-state index >= 15 is 0 Å². The molecule has 120 valence electrons. The first-order valence-electron chi connectivity index (χ1n) is 8.34. The molecule has 23 heavy (non-hydrogen) atoms. The maximum Gasteiger partial charge on any atom is 0.227 e. The quantitative estimate of drug-likeness (QED) is 0.927. The highest BCUT2D eigenvalue weighted by molar-refractivity contribution is 5.93. The number of hydrogen-bond acceptors (Lipinski definition) is 3. The average molecular weight is 310 g/mol. The molecule has 1 atom stereocenters. The van der Waals surface area contributed by atoms with Crippen LogP contribution < -0.4 is 10.2 Å². The van der Waals surface area contributed by atoms with Crippen LogP contribution in [0.5, 0.6) is 0 Å². The highest BCUT2D eigenvalue weighted by atomic mass is 16.1. The van der Waals surface area contributed by atoms with Crippen LogP contribution in [0.3, 0.4) is 0 Å². The zero-order valence-corrected chi connectivity index (χ0v) is 13.5. The van der Waals surface area contributed by atoms with Gasteiger partial charge in [0.1, 0.15) is 0 Å². The van der Waals surface area contributed by atoms with E-state index < -0.39 is 0 Å². The number of fused-ring (bicyclic) bond motifs is 2. The number of carbonyl (C=O) groups is 1. The van der Waals surface area contributed by atoms with Crippen molar-refractivity contribution in [3.8, 4) is 0 Å². The molecule has 1 unspecified atom stereocenters. The molecule has 1 N–H and O–H groups in total. The first kappa shape index (κ1) is 14.3. The number of rotatable bonds is 2. The number of aromatic nitrogens is 2. The smallest absolute Gasteiger partial charge is 0.227 e. The maximum absolute atomic E-state index is 12.6. The highest BCUT2D eigenvalue weighted by Gasteiger charge is 2.25. The summed E-state index contributed by atoms with van der Waals surface area (Å²) in [5.41, 5.74) is 4.70. The molecule has 0 spiro atoms. The van der Waals surface area contributed by atoms with E-state index in [9.17, 15) is 4.79 Å². The summed E-state index contributed by atoms with van der Waals surface area (Å²) in [7, 11) is 2.13. The third kappa shape index (κ3) is 2.71. The van der Waals surface area contributed by atoms with Crippen LogP contribution in [0.1, 0.15) is 24.1 Å². The van der Waals surface area contributed by atoms with Crippen LogP contribution in [0.4, 0.5) is 11.4 Å². The van der Waals surface area contributed by atoms with Crippen LogP contribution in [-0.2, 0) is 24.2 Å². The third-order valence-corrected chi connectivity index (χ3v) is 5.04. The zero-order chi connectivity index (χ0) is 15.8. The minimum atomic E-state index is 0.0397. The van der Waals surface area contributed by atoms with Crippen molar-refractivity contribution in [2.75, 3.05) is 23.8 Å². The molecule has 1 amide bonds. The summed E-state index contributed by atoms with van der Waals surface area (Å²) < 4.78 is 2.14. The summed E-state index contributed by atoms with van der Waals surface area (Å²) in [5, 5.41) is 3.11. The summed E-state index contributed by atoms with van der Waals surface area (Å²) in [4.78, 5) is 19.0. The number of hydrogen-bond donors (Lipinski definition) is 1. The summed E-state index contributed by atoms with van der Waals surface area (Å²) in [6.45, 7) is 1.98. The van der Waals surface area contributed by atoms with Crippen LogP contribution in [0.2, 0.25) is 0 Å². The van der Waals surface area contributed by atoms with E-state index in [2.05, 4.69) is 38.9 Å². The van der Waals surface area contributed by atoms with Gasteiger partial charge in [-0.1, -0.05) is 0 Å². The molecule has 1 aromatic carbocycles. The summed E-state index contributed by atoms with van der Waals surface area (Å²) in [5.74, 6) is 0.166. The highest BCUT2D eigenvalue weighted by Crippen LogP contribution is 2.29. The van der Waals surface area contributed by atoms with Gasteiger partial charge in [0.05, 0.1) is 6.33 Å². The lowest BCUT2D eigenvalue weighted by Crippen LogP contribution is -2.30. The average Bonchev–Trinajstić information content (AvgIpc) is 3.02. The molecule has 0 fully saturated rings. The molecule has 4 rings (SSSR count). The largest absolute Gasteiger partial charge is 0.374 e. The Bertz CT molecular complexity index is 736. The normalized spacial score (nSPS) is 19.9. The monoisotopic (exact) mass is 310 g/mol. The van der Waals surface area contributed by atoms with E-state index in [1.54, 1.807) is 0 Å². The number of aryl methyl sites for hydroxylation is 2. The molecule has 0 saturated carbocycles. The second-order valence-electron chi connectivity index (χ2n) is 6.63. The van der Waals surface area contributed by atoms with Gasteiger partial charge in [0.25, 0.3) is 0 Å². The van der Waals surface area contributed by atoms with Crippen molar-refractivity contribution in [2.45, 2.75) is 32.2 Å². The Morgan fingerprint density at radius 3 is 3.17 bits per heavy atom. The van der Waals surface area contributed by atoms with Crippen molar-refractivity contribution < 1.29 is 4.79 Å². The van der Waals surface area contributed by atoms with Crippen LogP contribution in [-0.4, -0.2) is 29.1 Å². The lowest BCUT2D eigenvalue weighted by atomic mass is 9.95. The lowest BCUT2D eigenvalue weighted by Gasteiger charge is -2.28. The van der Waals surface area contributed by atoms with Gasteiger partial charge in [-0.2, -0.15) is 0 Å². The number of nitrogens with one attached hydrogen (secondary N) is 1. The van der Waals surface area contributed by atoms with Gasteiger partial charge in [-0.15, -0.1) is 0 Å². The molecule has 5 heteroatoms. The van der Waals surface area contributed by atoms with Gasteiger partial charge in [0.15, 0.2) is 0 Å². The van der Waals surface area contributed by atoms with Crippen LogP contribution in [0, 0.1) is 5.92 Å². The SMILES string of the molecule is CN1CCCc2cc(NC(=O)C3CCn4cncc4C3)ccc21. The van der Waals surface area contributed by atoms with Gasteiger partial charge in [-0.25, -0.2) is 4.98 Å². The fourth-order valence-electron chi connectivity index (χ4n) is 3.70. The first-order valence-corrected chi connectivity index (χ1v) is 8.34. The van der Waals surface area contributed by atoms with E-state index in [-0.39, 0.29) is 11.8 Å². The fraction of sp³-hybridized carbons (Fsp3) is 0.444. The number of carbonyl (C=O) groups excluding carboxylic acids is 1. The van der Waals surface area contributed by atoms with E-state index in [1.807, 2.05) is 18.6 Å². The molecule has 0 radical (unpaired) electrons. The standard InChI is InChI=1S/C18H22N4O/c1-21-7-2-3-13-9-15(4-5-17(13)21)20-18(23)14-6-8-22-12-19-11-16(22)10-14/h4-5,9,11-12,14H,2-3,6-8,10H2,1H3,(H,20,23). The Morgan fingerprint density at radius 1 is 1.35 bits per heavy atom. The summed E-state index contributed by atoms with van der Waals surface area (Å²) in [6, 6.07) is 6.28. The predicted molar refractivity (Wildman–Crippen MR) is 90.7 cm³/mol. The predicted octanol–water partition coefficient (Wildman–Crippen LogP) is 2.47. The Hall–Kier alpha value is -2.30. The van der Waals surface area contributed by atoms with Crippen molar-refractivity contribution in [1.29, 1.82) is 0 Å². The number of amides is 1. The second-order valence-corrected chi connectivity index (χ2v) is 6.63. The Kier molecular flexibility index (Phi) is 3.56.